The maximum Gasteiger partial charge on any atom is 0.324 e. The first-order chi connectivity index (χ1) is 12.7. The van der Waals surface area contributed by atoms with E-state index in [1.165, 1.54) is 0 Å². The molecular weight excluding hydrogens is 328 g/mol. The number of amides is 3. The second-order valence-corrected chi connectivity index (χ2v) is 6.07. The topological polar surface area (TPSA) is 74.3 Å². The fraction of sp³-hybridized carbons (Fsp3) is 0.350. The first kappa shape index (κ1) is 17.9. The Balaban J connectivity index is 0.000000948. The number of pyridine rings is 1. The number of benzene rings is 1. The van der Waals surface area contributed by atoms with Gasteiger partial charge in [0.15, 0.2) is 0 Å². The summed E-state index contributed by atoms with van der Waals surface area (Å²) in [6.07, 6.45) is 4.70. The number of nitrogens with zero attached hydrogens (tertiary/aromatic N) is 2. The van der Waals surface area contributed by atoms with Crippen molar-refractivity contribution < 1.29 is 9.59 Å². The Morgan fingerprint density at radius 3 is 2.73 bits per heavy atom. The van der Waals surface area contributed by atoms with E-state index in [4.69, 9.17) is 0 Å². The first-order valence-electron chi connectivity index (χ1n) is 9.17. The summed E-state index contributed by atoms with van der Waals surface area (Å²) >= 11 is 0. The molecule has 136 valence electrons. The molecule has 0 aliphatic carbocycles. The highest BCUT2D eigenvalue weighted by Crippen LogP contribution is 2.43. The summed E-state index contributed by atoms with van der Waals surface area (Å²) in [6, 6.07) is 10.5. The number of rotatable bonds is 2. The van der Waals surface area contributed by atoms with Crippen molar-refractivity contribution in [1.29, 1.82) is 0 Å². The minimum Gasteiger partial charge on any atom is -0.331 e. The third-order valence-electron chi connectivity index (χ3n) is 4.59. The van der Waals surface area contributed by atoms with Gasteiger partial charge in [-0.25, -0.2) is 9.78 Å². The molecule has 1 fully saturated rings. The van der Waals surface area contributed by atoms with Gasteiger partial charge in [0.25, 0.3) is 5.91 Å². The molecule has 2 aromatic rings. The smallest absolute Gasteiger partial charge is 0.324 e. The average Bonchev–Trinajstić information content (AvgIpc) is 2.98. The predicted molar refractivity (Wildman–Crippen MR) is 102 cm³/mol. The zero-order chi connectivity index (χ0) is 18.5. The number of nitrogens with one attached hydrogen (secondary N) is 2. The highest BCUT2D eigenvalue weighted by molar-refractivity contribution is 6.04. The molecular formula is C20H24N4O2. The number of carbonyl (C=O) groups excluding carboxylic acids is 2. The number of urea groups is 1. The normalized spacial score (nSPS) is 17.5. The Morgan fingerprint density at radius 2 is 1.96 bits per heavy atom. The van der Waals surface area contributed by atoms with Crippen LogP contribution in [0.1, 0.15) is 55.1 Å². The third-order valence-corrected chi connectivity index (χ3v) is 4.59. The summed E-state index contributed by atoms with van der Waals surface area (Å²) in [6.45, 7) is 4.79. The maximum absolute atomic E-state index is 12.5. The molecule has 1 atom stereocenters. The first-order valence-corrected chi connectivity index (χ1v) is 9.17. The van der Waals surface area contributed by atoms with E-state index in [-0.39, 0.29) is 18.0 Å². The zero-order valence-corrected chi connectivity index (χ0v) is 15.2. The summed E-state index contributed by atoms with van der Waals surface area (Å²) in [4.78, 5) is 30.8. The van der Waals surface area contributed by atoms with Crippen LogP contribution in [-0.4, -0.2) is 28.4 Å². The molecule has 1 aromatic heterocycles. The van der Waals surface area contributed by atoms with E-state index in [1.807, 2.05) is 36.9 Å². The lowest BCUT2D eigenvalue weighted by Gasteiger charge is -2.30. The quantitative estimate of drug-likeness (QED) is 0.839. The van der Waals surface area contributed by atoms with Gasteiger partial charge >= 0.3 is 6.03 Å². The van der Waals surface area contributed by atoms with E-state index < -0.39 is 0 Å². The van der Waals surface area contributed by atoms with Gasteiger partial charge < -0.3 is 10.2 Å². The average molecular weight is 352 g/mol. The van der Waals surface area contributed by atoms with Crippen molar-refractivity contribution in [1.82, 2.24) is 9.88 Å². The molecule has 3 heterocycles. The SMILES string of the molecule is CC.O=C(Nc1ccccn1)Nc1cccc2c1C1CCCCN1C2=O. The molecule has 26 heavy (non-hydrogen) atoms. The molecule has 1 saturated heterocycles. The molecule has 2 N–H and O–H groups in total. The number of piperidine rings is 1. The van der Waals surface area contributed by atoms with Crippen LogP contribution in [0.4, 0.5) is 16.3 Å². The molecule has 2 aliphatic rings. The van der Waals surface area contributed by atoms with Crippen LogP contribution in [0.2, 0.25) is 0 Å². The van der Waals surface area contributed by atoms with Gasteiger partial charge in [-0.2, -0.15) is 0 Å². The van der Waals surface area contributed by atoms with Gasteiger partial charge in [-0.3, -0.25) is 10.1 Å². The second kappa shape index (κ2) is 7.99. The van der Waals surface area contributed by atoms with Crippen LogP contribution in [-0.2, 0) is 0 Å². The molecule has 1 unspecified atom stereocenters. The molecule has 6 nitrogen and oxygen atoms in total. The molecule has 0 bridgehead atoms. The Hall–Kier alpha value is -2.89. The summed E-state index contributed by atoms with van der Waals surface area (Å²) in [5.74, 6) is 0.557. The number of anilines is 2. The van der Waals surface area contributed by atoms with Crippen LogP contribution in [0, 0.1) is 0 Å². The lowest BCUT2D eigenvalue weighted by molar-refractivity contribution is 0.0672. The van der Waals surface area contributed by atoms with Crippen LogP contribution >= 0.6 is 0 Å². The van der Waals surface area contributed by atoms with E-state index in [2.05, 4.69) is 15.6 Å². The van der Waals surface area contributed by atoms with Gasteiger partial charge in [0.2, 0.25) is 0 Å². The summed E-state index contributed by atoms with van der Waals surface area (Å²) in [5, 5.41) is 5.58. The molecule has 0 radical (unpaired) electrons. The van der Waals surface area contributed by atoms with Crippen LogP contribution in [0.3, 0.4) is 0 Å². The minimum atomic E-state index is -0.358. The fourth-order valence-corrected chi connectivity index (χ4v) is 3.56. The fourth-order valence-electron chi connectivity index (χ4n) is 3.56. The van der Waals surface area contributed by atoms with Crippen molar-refractivity contribution in [3.05, 3.63) is 53.7 Å². The van der Waals surface area contributed by atoms with E-state index in [0.717, 1.165) is 31.4 Å². The molecule has 1 aromatic carbocycles. The number of fused-ring (bicyclic) bond motifs is 3. The van der Waals surface area contributed by atoms with Gasteiger partial charge in [-0.05, 0) is 43.5 Å². The van der Waals surface area contributed by atoms with Crippen molar-refractivity contribution in [2.24, 2.45) is 0 Å². The lowest BCUT2D eigenvalue weighted by Crippen LogP contribution is -2.32. The Labute approximate surface area is 153 Å². The number of hydrogen-bond acceptors (Lipinski definition) is 3. The van der Waals surface area contributed by atoms with Gasteiger partial charge in [0.05, 0.1) is 6.04 Å². The monoisotopic (exact) mass is 352 g/mol. The molecule has 2 aliphatic heterocycles. The molecule has 6 heteroatoms. The van der Waals surface area contributed by atoms with Crippen LogP contribution in [0.25, 0.3) is 0 Å². The molecule has 4 rings (SSSR count). The van der Waals surface area contributed by atoms with Gasteiger partial charge in [0.1, 0.15) is 5.82 Å². The van der Waals surface area contributed by atoms with Crippen molar-refractivity contribution in [3.63, 3.8) is 0 Å². The van der Waals surface area contributed by atoms with E-state index in [9.17, 15) is 9.59 Å². The maximum atomic E-state index is 12.5. The summed E-state index contributed by atoms with van der Waals surface area (Å²) in [5.41, 5.74) is 2.35. The number of aromatic nitrogens is 1. The number of carbonyl (C=O) groups is 2. The summed E-state index contributed by atoms with van der Waals surface area (Å²) < 4.78 is 0. The highest BCUT2D eigenvalue weighted by atomic mass is 16.2. The van der Waals surface area contributed by atoms with Crippen molar-refractivity contribution in [3.8, 4) is 0 Å². The van der Waals surface area contributed by atoms with Crippen molar-refractivity contribution in [2.75, 3.05) is 17.2 Å². The second-order valence-electron chi connectivity index (χ2n) is 6.07. The standard InChI is InChI=1S/C18H18N4O2.C2H6/c23-17-12-6-5-7-13(16(12)14-8-2-4-11-22(14)17)20-18(24)21-15-9-1-3-10-19-15;1-2/h1,3,5-7,9-10,14H,2,4,8,11H2,(H2,19,20,21,24);1-2H3. The predicted octanol–water partition coefficient (Wildman–Crippen LogP) is 4.43. The van der Waals surface area contributed by atoms with Gasteiger partial charge in [0, 0.05) is 29.6 Å². The lowest BCUT2D eigenvalue weighted by atomic mass is 9.96. The largest absolute Gasteiger partial charge is 0.331 e. The zero-order valence-electron chi connectivity index (χ0n) is 15.2. The Kier molecular flexibility index (Phi) is 5.51. The summed E-state index contributed by atoms with van der Waals surface area (Å²) in [7, 11) is 0. The highest BCUT2D eigenvalue weighted by Gasteiger charge is 2.39. The van der Waals surface area contributed by atoms with E-state index in [0.29, 0.717) is 17.1 Å². The van der Waals surface area contributed by atoms with Crippen LogP contribution in [0.5, 0.6) is 0 Å². The number of hydrogen-bond donors (Lipinski definition) is 2. The van der Waals surface area contributed by atoms with E-state index in [1.54, 1.807) is 24.4 Å². The molecule has 0 spiro atoms. The molecule has 3 amide bonds. The van der Waals surface area contributed by atoms with Crippen LogP contribution < -0.4 is 10.6 Å². The molecule has 0 saturated carbocycles. The Morgan fingerprint density at radius 1 is 1.12 bits per heavy atom. The third kappa shape index (κ3) is 3.40. The van der Waals surface area contributed by atoms with Crippen molar-refractivity contribution >= 4 is 23.4 Å². The van der Waals surface area contributed by atoms with Crippen molar-refractivity contribution in [2.45, 2.75) is 39.2 Å². The van der Waals surface area contributed by atoms with Crippen LogP contribution in [0.15, 0.2) is 42.6 Å². The van der Waals surface area contributed by atoms with Gasteiger partial charge in [-0.15, -0.1) is 0 Å². The minimum absolute atomic E-state index is 0.0727. The Bertz CT molecular complexity index is 792. The van der Waals surface area contributed by atoms with E-state index >= 15 is 0 Å². The van der Waals surface area contributed by atoms with Gasteiger partial charge in [-0.1, -0.05) is 26.0 Å².